The minimum Gasteiger partial charge on any atom is -0.392 e. The highest BCUT2D eigenvalue weighted by Gasteiger charge is 2.16. The molecule has 1 aliphatic heterocycles. The average Bonchev–Trinajstić information content (AvgIpc) is 1.88. The van der Waals surface area contributed by atoms with Crippen molar-refractivity contribution in [3.8, 4) is 0 Å². The fraction of sp³-hybridized carbons (Fsp3) is 1.00. The number of aliphatic hydroxyl groups is 1. The summed E-state index contributed by atoms with van der Waals surface area (Å²) in [7, 11) is 0. The van der Waals surface area contributed by atoms with E-state index in [0.29, 0.717) is 13.1 Å². The van der Waals surface area contributed by atoms with Crippen molar-refractivity contribution in [3.05, 3.63) is 0 Å². The molecule has 0 amide bonds. The molecule has 0 aromatic heterocycles. The van der Waals surface area contributed by atoms with Crippen molar-refractivity contribution in [2.45, 2.75) is 18.9 Å². The topological polar surface area (TPSA) is 23.5 Å². The Morgan fingerprint density at radius 1 is 1.60 bits per heavy atom. The van der Waals surface area contributed by atoms with Crippen LogP contribution in [0, 0.1) is 0 Å². The molecular formula is C7H14FNO. The highest BCUT2D eigenvalue weighted by molar-refractivity contribution is 4.70. The van der Waals surface area contributed by atoms with Crippen LogP contribution in [-0.4, -0.2) is 42.4 Å². The SMILES string of the molecule is OC1CCCN(CCF)C1. The lowest BCUT2D eigenvalue weighted by atomic mass is 10.1. The molecule has 0 bridgehead atoms. The molecule has 1 unspecified atom stereocenters. The normalized spacial score (nSPS) is 28.8. The number of aliphatic hydroxyl groups excluding tert-OH is 1. The van der Waals surface area contributed by atoms with Crippen molar-refractivity contribution < 1.29 is 9.50 Å². The molecule has 1 rings (SSSR count). The second kappa shape index (κ2) is 3.88. The first-order chi connectivity index (χ1) is 4.83. The lowest BCUT2D eigenvalue weighted by Crippen LogP contribution is -2.39. The Bertz CT molecular complexity index is 97.6. The Morgan fingerprint density at radius 2 is 2.40 bits per heavy atom. The van der Waals surface area contributed by atoms with E-state index in [2.05, 4.69) is 0 Å². The minimum absolute atomic E-state index is 0.222. The Morgan fingerprint density at radius 3 is 3.00 bits per heavy atom. The van der Waals surface area contributed by atoms with Crippen molar-refractivity contribution in [2.24, 2.45) is 0 Å². The van der Waals surface area contributed by atoms with Crippen molar-refractivity contribution in [1.82, 2.24) is 4.90 Å². The molecule has 1 N–H and O–H groups in total. The third-order valence-corrected chi connectivity index (χ3v) is 1.88. The van der Waals surface area contributed by atoms with Crippen LogP contribution in [-0.2, 0) is 0 Å². The molecule has 0 aromatic rings. The van der Waals surface area contributed by atoms with E-state index >= 15 is 0 Å². The second-order valence-corrected chi connectivity index (χ2v) is 2.79. The summed E-state index contributed by atoms with van der Waals surface area (Å²) in [6, 6.07) is 0. The molecule has 1 aliphatic rings. The third-order valence-electron chi connectivity index (χ3n) is 1.88. The summed E-state index contributed by atoms with van der Waals surface area (Å²) in [6.07, 6.45) is 1.66. The monoisotopic (exact) mass is 147 g/mol. The van der Waals surface area contributed by atoms with Crippen molar-refractivity contribution in [2.75, 3.05) is 26.3 Å². The van der Waals surface area contributed by atoms with E-state index in [1.54, 1.807) is 0 Å². The largest absolute Gasteiger partial charge is 0.392 e. The second-order valence-electron chi connectivity index (χ2n) is 2.79. The maximum absolute atomic E-state index is 11.8. The summed E-state index contributed by atoms with van der Waals surface area (Å²) in [4.78, 5) is 1.97. The van der Waals surface area contributed by atoms with Gasteiger partial charge >= 0.3 is 0 Å². The summed E-state index contributed by atoms with van der Waals surface area (Å²) >= 11 is 0. The number of likely N-dealkylation sites (tertiary alicyclic amines) is 1. The minimum atomic E-state index is -0.299. The first kappa shape index (κ1) is 7.95. The Balaban J connectivity index is 2.18. The van der Waals surface area contributed by atoms with Gasteiger partial charge in [0.2, 0.25) is 0 Å². The molecule has 10 heavy (non-hydrogen) atoms. The number of alkyl halides is 1. The van der Waals surface area contributed by atoms with Crippen LogP contribution < -0.4 is 0 Å². The summed E-state index contributed by atoms with van der Waals surface area (Å²) in [5.74, 6) is 0. The highest BCUT2D eigenvalue weighted by Crippen LogP contribution is 2.08. The van der Waals surface area contributed by atoms with Crippen LogP contribution in [0.25, 0.3) is 0 Å². The number of hydrogen-bond donors (Lipinski definition) is 1. The fourth-order valence-corrected chi connectivity index (χ4v) is 1.35. The third kappa shape index (κ3) is 2.23. The van der Waals surface area contributed by atoms with Crippen LogP contribution in [0.5, 0.6) is 0 Å². The van der Waals surface area contributed by atoms with Crippen LogP contribution in [0.3, 0.4) is 0 Å². The van der Waals surface area contributed by atoms with Gasteiger partial charge in [-0.2, -0.15) is 0 Å². The van der Waals surface area contributed by atoms with Crippen molar-refractivity contribution in [3.63, 3.8) is 0 Å². The molecule has 0 saturated carbocycles. The molecule has 3 heteroatoms. The van der Waals surface area contributed by atoms with E-state index < -0.39 is 0 Å². The van der Waals surface area contributed by atoms with Gasteiger partial charge in [-0.25, -0.2) is 4.39 Å². The number of β-amino-alcohol motifs (C(OH)–C–C–N with tert-alkyl or cyclic N) is 1. The number of nitrogens with zero attached hydrogens (tertiary/aromatic N) is 1. The molecule has 1 heterocycles. The summed E-state index contributed by atoms with van der Waals surface area (Å²) in [6.45, 7) is 1.79. The van der Waals surface area contributed by atoms with Gasteiger partial charge in [0, 0.05) is 13.1 Å². The Kier molecular flexibility index (Phi) is 3.09. The van der Waals surface area contributed by atoms with Gasteiger partial charge in [-0.05, 0) is 19.4 Å². The first-order valence-electron chi connectivity index (χ1n) is 3.79. The molecule has 2 nitrogen and oxygen atoms in total. The molecule has 0 aliphatic carbocycles. The van der Waals surface area contributed by atoms with Crippen molar-refractivity contribution >= 4 is 0 Å². The molecule has 0 spiro atoms. The number of piperidine rings is 1. The number of halogens is 1. The zero-order chi connectivity index (χ0) is 7.40. The summed E-state index contributed by atoms with van der Waals surface area (Å²) < 4.78 is 11.8. The standard InChI is InChI=1S/C7H14FNO/c8-3-5-9-4-1-2-7(10)6-9/h7,10H,1-6H2. The van der Waals surface area contributed by atoms with Gasteiger partial charge in [-0.15, -0.1) is 0 Å². The molecular weight excluding hydrogens is 133 g/mol. The van der Waals surface area contributed by atoms with Gasteiger partial charge in [0.15, 0.2) is 0 Å². The van der Waals surface area contributed by atoms with Gasteiger partial charge in [0.1, 0.15) is 6.67 Å². The highest BCUT2D eigenvalue weighted by atomic mass is 19.1. The number of hydrogen-bond acceptors (Lipinski definition) is 2. The Labute approximate surface area is 60.6 Å². The average molecular weight is 147 g/mol. The maximum Gasteiger partial charge on any atom is 0.102 e. The summed E-state index contributed by atoms with van der Waals surface area (Å²) in [5, 5.41) is 9.14. The fourth-order valence-electron chi connectivity index (χ4n) is 1.35. The molecule has 0 radical (unpaired) electrons. The summed E-state index contributed by atoms with van der Waals surface area (Å²) in [5.41, 5.74) is 0. The van der Waals surface area contributed by atoms with Crippen LogP contribution in [0.2, 0.25) is 0 Å². The van der Waals surface area contributed by atoms with E-state index in [9.17, 15) is 4.39 Å². The molecule has 1 saturated heterocycles. The van der Waals surface area contributed by atoms with Gasteiger partial charge in [-0.3, -0.25) is 4.90 Å². The van der Waals surface area contributed by atoms with Crippen LogP contribution in [0.15, 0.2) is 0 Å². The van der Waals surface area contributed by atoms with E-state index in [0.717, 1.165) is 19.4 Å². The smallest absolute Gasteiger partial charge is 0.102 e. The molecule has 1 atom stereocenters. The molecule has 0 aromatic carbocycles. The predicted octanol–water partition coefficient (Wildman–Crippen LogP) is 0.413. The molecule has 60 valence electrons. The van der Waals surface area contributed by atoms with Gasteiger partial charge in [0.25, 0.3) is 0 Å². The van der Waals surface area contributed by atoms with Gasteiger partial charge in [-0.1, -0.05) is 0 Å². The van der Waals surface area contributed by atoms with Crippen LogP contribution in [0.1, 0.15) is 12.8 Å². The quantitative estimate of drug-likeness (QED) is 0.611. The van der Waals surface area contributed by atoms with E-state index in [-0.39, 0.29) is 12.8 Å². The predicted molar refractivity (Wildman–Crippen MR) is 37.7 cm³/mol. The van der Waals surface area contributed by atoms with Gasteiger partial charge < -0.3 is 5.11 Å². The Hall–Kier alpha value is -0.150. The first-order valence-corrected chi connectivity index (χ1v) is 3.79. The molecule has 1 fully saturated rings. The van der Waals surface area contributed by atoms with Crippen LogP contribution in [0.4, 0.5) is 4.39 Å². The van der Waals surface area contributed by atoms with E-state index in [1.165, 1.54) is 0 Å². The van der Waals surface area contributed by atoms with Gasteiger partial charge in [0.05, 0.1) is 6.10 Å². The van der Waals surface area contributed by atoms with E-state index in [4.69, 9.17) is 5.11 Å². The van der Waals surface area contributed by atoms with E-state index in [1.807, 2.05) is 4.90 Å². The zero-order valence-corrected chi connectivity index (χ0v) is 6.09. The lowest BCUT2D eigenvalue weighted by molar-refractivity contribution is 0.0676. The zero-order valence-electron chi connectivity index (χ0n) is 6.09. The van der Waals surface area contributed by atoms with Crippen LogP contribution >= 0.6 is 0 Å². The number of rotatable bonds is 2. The lowest BCUT2D eigenvalue weighted by Gasteiger charge is -2.28. The maximum atomic E-state index is 11.8. The van der Waals surface area contributed by atoms with Crippen molar-refractivity contribution in [1.29, 1.82) is 0 Å².